The van der Waals surface area contributed by atoms with Gasteiger partial charge in [0, 0.05) is 11.3 Å². The van der Waals surface area contributed by atoms with Crippen LogP contribution in [0.5, 0.6) is 11.5 Å². The summed E-state index contributed by atoms with van der Waals surface area (Å²) in [5, 5.41) is 7.53. The molecule has 1 amide bonds. The van der Waals surface area contributed by atoms with Crippen molar-refractivity contribution < 1.29 is 14.3 Å². The first-order valence-corrected chi connectivity index (χ1v) is 9.80. The summed E-state index contributed by atoms with van der Waals surface area (Å²) in [6.45, 7) is 7.78. The van der Waals surface area contributed by atoms with Crippen molar-refractivity contribution >= 4 is 5.91 Å². The SMILES string of the molecule is Cc1cc(C)n(Cc2ccc(C(=O)NC(C)c3ccc4c(c3)OCCO4)cc2)n1. The van der Waals surface area contributed by atoms with E-state index in [1.165, 1.54) is 0 Å². The molecule has 150 valence electrons. The number of hydrogen-bond acceptors (Lipinski definition) is 4. The smallest absolute Gasteiger partial charge is 0.251 e. The molecule has 1 atom stereocenters. The number of ether oxygens (including phenoxy) is 2. The molecule has 1 aliphatic rings. The van der Waals surface area contributed by atoms with E-state index >= 15 is 0 Å². The van der Waals surface area contributed by atoms with E-state index < -0.39 is 0 Å². The largest absolute Gasteiger partial charge is 0.486 e. The maximum absolute atomic E-state index is 12.7. The minimum absolute atomic E-state index is 0.106. The highest BCUT2D eigenvalue weighted by molar-refractivity contribution is 5.94. The van der Waals surface area contributed by atoms with Crippen LogP contribution in [0.1, 0.15) is 45.8 Å². The highest BCUT2D eigenvalue weighted by Crippen LogP contribution is 2.32. The molecule has 2 heterocycles. The lowest BCUT2D eigenvalue weighted by atomic mass is 10.1. The first-order valence-electron chi connectivity index (χ1n) is 9.80. The van der Waals surface area contributed by atoms with E-state index in [-0.39, 0.29) is 11.9 Å². The van der Waals surface area contributed by atoms with E-state index in [1.807, 2.05) is 67.9 Å². The van der Waals surface area contributed by atoms with Gasteiger partial charge in [-0.3, -0.25) is 9.48 Å². The standard InChI is InChI=1S/C23H25N3O3/c1-15-12-16(2)26(25-15)14-18-4-6-19(7-5-18)23(27)24-17(3)20-8-9-21-22(13-20)29-11-10-28-21/h4-9,12-13,17H,10-11,14H2,1-3H3,(H,24,27). The normalized spacial score (nSPS) is 13.8. The summed E-state index contributed by atoms with van der Waals surface area (Å²) in [7, 11) is 0. The minimum Gasteiger partial charge on any atom is -0.486 e. The Kier molecular flexibility index (Phi) is 5.25. The number of amides is 1. The van der Waals surface area contributed by atoms with Crippen molar-refractivity contribution in [1.29, 1.82) is 0 Å². The molecule has 0 radical (unpaired) electrons. The quantitative estimate of drug-likeness (QED) is 0.718. The summed E-state index contributed by atoms with van der Waals surface area (Å²) in [5.74, 6) is 1.37. The molecule has 0 saturated carbocycles. The van der Waals surface area contributed by atoms with Crippen LogP contribution < -0.4 is 14.8 Å². The molecule has 0 bridgehead atoms. The Hall–Kier alpha value is -3.28. The number of aromatic nitrogens is 2. The number of carbonyl (C=O) groups excluding carboxylic acids is 1. The molecule has 0 saturated heterocycles. The Balaban J connectivity index is 1.41. The van der Waals surface area contributed by atoms with Crippen LogP contribution in [0.2, 0.25) is 0 Å². The first kappa shape index (κ1) is 19.1. The molecule has 2 aromatic carbocycles. The molecule has 1 N–H and O–H groups in total. The van der Waals surface area contributed by atoms with Crippen LogP contribution in [0.4, 0.5) is 0 Å². The third kappa shape index (κ3) is 4.26. The molecular weight excluding hydrogens is 366 g/mol. The van der Waals surface area contributed by atoms with Gasteiger partial charge in [0.2, 0.25) is 0 Å². The zero-order valence-corrected chi connectivity index (χ0v) is 16.9. The lowest BCUT2D eigenvalue weighted by Gasteiger charge is -2.21. The number of rotatable bonds is 5. The Morgan fingerprint density at radius 3 is 2.48 bits per heavy atom. The zero-order chi connectivity index (χ0) is 20.4. The number of hydrogen-bond donors (Lipinski definition) is 1. The van der Waals surface area contributed by atoms with E-state index in [0.29, 0.717) is 25.3 Å². The predicted molar refractivity (Wildman–Crippen MR) is 111 cm³/mol. The van der Waals surface area contributed by atoms with Gasteiger partial charge in [0.25, 0.3) is 5.91 Å². The molecular formula is C23H25N3O3. The van der Waals surface area contributed by atoms with E-state index in [1.54, 1.807) is 0 Å². The summed E-state index contributed by atoms with van der Waals surface area (Å²) in [6.07, 6.45) is 0. The van der Waals surface area contributed by atoms with E-state index in [2.05, 4.69) is 16.5 Å². The Bertz CT molecular complexity index is 1020. The van der Waals surface area contributed by atoms with E-state index in [0.717, 1.165) is 34.0 Å². The molecule has 1 aliphatic heterocycles. The third-order valence-electron chi connectivity index (χ3n) is 5.07. The van der Waals surface area contributed by atoms with Crippen LogP contribution >= 0.6 is 0 Å². The number of nitrogens with zero attached hydrogens (tertiary/aromatic N) is 2. The third-order valence-corrected chi connectivity index (χ3v) is 5.07. The summed E-state index contributed by atoms with van der Waals surface area (Å²) in [5.41, 5.74) is 4.84. The van der Waals surface area contributed by atoms with Crippen molar-refractivity contribution in [3.8, 4) is 11.5 Å². The lowest BCUT2D eigenvalue weighted by Crippen LogP contribution is -2.26. The Labute approximate surface area is 170 Å². The van der Waals surface area contributed by atoms with Gasteiger partial charge >= 0.3 is 0 Å². The van der Waals surface area contributed by atoms with Crippen molar-refractivity contribution in [2.75, 3.05) is 13.2 Å². The zero-order valence-electron chi connectivity index (χ0n) is 16.9. The summed E-state index contributed by atoms with van der Waals surface area (Å²) < 4.78 is 13.2. The van der Waals surface area contributed by atoms with E-state index in [9.17, 15) is 4.79 Å². The summed E-state index contributed by atoms with van der Waals surface area (Å²) in [6, 6.07) is 15.3. The minimum atomic E-state index is -0.146. The Morgan fingerprint density at radius 2 is 1.79 bits per heavy atom. The van der Waals surface area contributed by atoms with Crippen LogP contribution in [0.3, 0.4) is 0 Å². The number of benzene rings is 2. The highest BCUT2D eigenvalue weighted by atomic mass is 16.6. The van der Waals surface area contributed by atoms with Crippen molar-refractivity contribution in [3.63, 3.8) is 0 Å². The molecule has 6 heteroatoms. The highest BCUT2D eigenvalue weighted by Gasteiger charge is 2.16. The Morgan fingerprint density at radius 1 is 1.07 bits per heavy atom. The summed E-state index contributed by atoms with van der Waals surface area (Å²) in [4.78, 5) is 12.7. The van der Waals surface area contributed by atoms with Gasteiger partial charge in [0.05, 0.1) is 18.3 Å². The predicted octanol–water partition coefficient (Wildman–Crippen LogP) is 3.81. The molecule has 3 aromatic rings. The van der Waals surface area contributed by atoms with Gasteiger partial charge in [-0.15, -0.1) is 0 Å². The lowest BCUT2D eigenvalue weighted by molar-refractivity contribution is 0.0939. The fourth-order valence-corrected chi connectivity index (χ4v) is 3.46. The monoisotopic (exact) mass is 391 g/mol. The van der Waals surface area contributed by atoms with Crippen LogP contribution in [0.15, 0.2) is 48.5 Å². The number of fused-ring (bicyclic) bond motifs is 1. The van der Waals surface area contributed by atoms with Crippen LogP contribution in [0, 0.1) is 13.8 Å². The fraction of sp³-hybridized carbons (Fsp3) is 0.304. The molecule has 29 heavy (non-hydrogen) atoms. The average molecular weight is 391 g/mol. The first-order chi connectivity index (χ1) is 14.0. The van der Waals surface area contributed by atoms with Gasteiger partial charge < -0.3 is 14.8 Å². The van der Waals surface area contributed by atoms with Crippen molar-refractivity contribution in [1.82, 2.24) is 15.1 Å². The maximum atomic E-state index is 12.7. The number of carbonyl (C=O) groups is 1. The van der Waals surface area contributed by atoms with Crippen LogP contribution in [-0.2, 0) is 6.54 Å². The molecule has 0 spiro atoms. The molecule has 1 unspecified atom stereocenters. The maximum Gasteiger partial charge on any atom is 0.251 e. The van der Waals surface area contributed by atoms with Crippen LogP contribution in [0.25, 0.3) is 0 Å². The second-order valence-electron chi connectivity index (χ2n) is 7.38. The molecule has 1 aromatic heterocycles. The van der Waals surface area contributed by atoms with Crippen LogP contribution in [-0.4, -0.2) is 28.9 Å². The molecule has 4 rings (SSSR count). The number of aryl methyl sites for hydroxylation is 2. The molecule has 6 nitrogen and oxygen atoms in total. The van der Waals surface area contributed by atoms with E-state index in [4.69, 9.17) is 9.47 Å². The summed E-state index contributed by atoms with van der Waals surface area (Å²) >= 11 is 0. The second-order valence-corrected chi connectivity index (χ2v) is 7.38. The van der Waals surface area contributed by atoms with Gasteiger partial charge in [-0.2, -0.15) is 5.10 Å². The topological polar surface area (TPSA) is 65.4 Å². The second kappa shape index (κ2) is 7.99. The van der Waals surface area contributed by atoms with Gasteiger partial charge in [-0.25, -0.2) is 0 Å². The average Bonchev–Trinajstić information content (AvgIpc) is 3.04. The van der Waals surface area contributed by atoms with Gasteiger partial charge in [0.15, 0.2) is 11.5 Å². The molecule has 0 aliphatic carbocycles. The number of nitrogens with one attached hydrogen (secondary N) is 1. The van der Waals surface area contributed by atoms with Crippen molar-refractivity contribution in [2.24, 2.45) is 0 Å². The van der Waals surface area contributed by atoms with Crippen molar-refractivity contribution in [2.45, 2.75) is 33.4 Å². The van der Waals surface area contributed by atoms with Gasteiger partial charge in [0.1, 0.15) is 13.2 Å². The fourth-order valence-electron chi connectivity index (χ4n) is 3.46. The van der Waals surface area contributed by atoms with Gasteiger partial charge in [-0.1, -0.05) is 18.2 Å². The van der Waals surface area contributed by atoms with Gasteiger partial charge in [-0.05, 0) is 62.2 Å². The molecule has 0 fully saturated rings. The van der Waals surface area contributed by atoms with Crippen molar-refractivity contribution in [3.05, 3.63) is 76.6 Å².